The van der Waals surface area contributed by atoms with E-state index < -0.39 is 6.10 Å². The van der Waals surface area contributed by atoms with Crippen molar-refractivity contribution in [2.75, 3.05) is 0 Å². The predicted molar refractivity (Wildman–Crippen MR) is 72.6 cm³/mol. The highest BCUT2D eigenvalue weighted by Crippen LogP contribution is 2.25. The quantitative estimate of drug-likeness (QED) is 0.900. The van der Waals surface area contributed by atoms with Crippen LogP contribution in [-0.2, 0) is 0 Å². The number of hydrogen-bond donors (Lipinski definition) is 1. The summed E-state index contributed by atoms with van der Waals surface area (Å²) in [5, 5.41) is 10.5. The number of benzene rings is 1. The molecule has 2 rings (SSSR count). The largest absolute Gasteiger partial charge is 0.382 e. The third-order valence-corrected chi connectivity index (χ3v) is 3.09. The lowest BCUT2D eigenvalue weighted by molar-refractivity contribution is 0.208. The molecule has 1 N–H and O–H groups in total. The zero-order valence-corrected chi connectivity index (χ0v) is 11.4. The first-order valence-electron chi connectivity index (χ1n) is 6.27. The minimum Gasteiger partial charge on any atom is -0.382 e. The summed E-state index contributed by atoms with van der Waals surface area (Å²) in [4.78, 5) is 4.14. The molecule has 0 fully saturated rings. The molecule has 1 heterocycles. The van der Waals surface area contributed by atoms with E-state index in [1.165, 1.54) is 11.1 Å². The number of imidazole rings is 1. The summed E-state index contributed by atoms with van der Waals surface area (Å²) in [6.07, 6.45) is 2.89. The van der Waals surface area contributed by atoms with Gasteiger partial charge in [-0.2, -0.15) is 0 Å². The van der Waals surface area contributed by atoms with Gasteiger partial charge >= 0.3 is 0 Å². The van der Waals surface area contributed by atoms with Crippen LogP contribution in [-0.4, -0.2) is 14.7 Å². The Morgan fingerprint density at radius 1 is 1.11 bits per heavy atom. The van der Waals surface area contributed by atoms with Crippen molar-refractivity contribution >= 4 is 0 Å². The molecule has 0 aliphatic heterocycles. The molecule has 0 amide bonds. The molecule has 2 aromatic rings. The lowest BCUT2D eigenvalue weighted by atomic mass is 10.0. The summed E-state index contributed by atoms with van der Waals surface area (Å²) in [5.41, 5.74) is 4.10. The van der Waals surface area contributed by atoms with Crippen LogP contribution < -0.4 is 0 Å². The van der Waals surface area contributed by atoms with Gasteiger partial charge in [-0.25, -0.2) is 4.98 Å². The second kappa shape index (κ2) is 4.94. The Hall–Kier alpha value is -1.61. The van der Waals surface area contributed by atoms with Gasteiger partial charge in [-0.3, -0.25) is 0 Å². The predicted octanol–water partition coefficient (Wildman–Crippen LogP) is 3.16. The Kier molecular flexibility index (Phi) is 3.53. The molecule has 0 saturated heterocycles. The van der Waals surface area contributed by atoms with E-state index >= 15 is 0 Å². The van der Waals surface area contributed by atoms with Gasteiger partial charge in [-0.15, -0.1) is 0 Å². The molecule has 0 saturated carbocycles. The van der Waals surface area contributed by atoms with Crippen LogP contribution in [0.4, 0.5) is 0 Å². The molecule has 0 aliphatic rings. The van der Waals surface area contributed by atoms with Crippen molar-refractivity contribution in [1.29, 1.82) is 0 Å². The monoisotopic (exact) mass is 244 g/mol. The van der Waals surface area contributed by atoms with Gasteiger partial charge in [0.1, 0.15) is 6.10 Å². The molecule has 3 heteroatoms. The average molecular weight is 244 g/mol. The zero-order valence-electron chi connectivity index (χ0n) is 11.4. The van der Waals surface area contributed by atoms with Crippen LogP contribution in [0.3, 0.4) is 0 Å². The Bertz CT molecular complexity index is 523. The Balaban J connectivity index is 2.41. The van der Waals surface area contributed by atoms with Crippen molar-refractivity contribution in [1.82, 2.24) is 9.55 Å². The minimum atomic E-state index is -0.617. The van der Waals surface area contributed by atoms with E-state index in [0.717, 1.165) is 11.3 Å². The first kappa shape index (κ1) is 12.8. The van der Waals surface area contributed by atoms with Crippen LogP contribution in [0.2, 0.25) is 0 Å². The van der Waals surface area contributed by atoms with Gasteiger partial charge in [0.25, 0.3) is 0 Å². The van der Waals surface area contributed by atoms with Gasteiger partial charge in [-0.05, 0) is 33.3 Å². The first-order valence-corrected chi connectivity index (χ1v) is 6.27. The molecular formula is C15H20N2O. The maximum atomic E-state index is 10.5. The first-order chi connectivity index (χ1) is 8.49. The zero-order chi connectivity index (χ0) is 13.3. The third-order valence-electron chi connectivity index (χ3n) is 3.09. The fourth-order valence-corrected chi connectivity index (χ4v) is 2.30. The molecule has 18 heavy (non-hydrogen) atoms. The fourth-order valence-electron chi connectivity index (χ4n) is 2.30. The van der Waals surface area contributed by atoms with Crippen LogP contribution in [0.1, 0.15) is 48.4 Å². The highest BCUT2D eigenvalue weighted by atomic mass is 16.3. The molecule has 1 atom stereocenters. The van der Waals surface area contributed by atoms with E-state index in [1.807, 2.05) is 30.5 Å². The summed E-state index contributed by atoms with van der Waals surface area (Å²) >= 11 is 0. The van der Waals surface area contributed by atoms with Gasteiger partial charge in [0.05, 0.1) is 18.2 Å². The smallest absolute Gasteiger partial charge is 0.121 e. The maximum Gasteiger partial charge on any atom is 0.121 e. The Morgan fingerprint density at radius 3 is 2.28 bits per heavy atom. The number of aryl methyl sites for hydroxylation is 2. The molecule has 3 nitrogen and oxygen atoms in total. The topological polar surface area (TPSA) is 38.1 Å². The second-order valence-corrected chi connectivity index (χ2v) is 5.14. The molecule has 1 aromatic heterocycles. The van der Waals surface area contributed by atoms with E-state index in [4.69, 9.17) is 0 Å². The van der Waals surface area contributed by atoms with E-state index in [9.17, 15) is 5.11 Å². The lowest BCUT2D eigenvalue weighted by Gasteiger charge is -2.17. The van der Waals surface area contributed by atoms with E-state index in [2.05, 4.69) is 24.9 Å². The number of aliphatic hydroxyl groups is 1. The van der Waals surface area contributed by atoms with Crippen molar-refractivity contribution in [2.45, 2.75) is 39.8 Å². The number of aliphatic hydroxyl groups excluding tert-OH is 1. The van der Waals surface area contributed by atoms with Crippen molar-refractivity contribution in [3.8, 4) is 0 Å². The van der Waals surface area contributed by atoms with Crippen LogP contribution in [0.15, 0.2) is 30.7 Å². The van der Waals surface area contributed by atoms with E-state index in [-0.39, 0.29) is 0 Å². The SMILES string of the molecule is Cc1cc(C)cc(C(O)c2cncn2C(C)C)c1. The standard InChI is InChI=1S/C15H20N2O/c1-10(2)17-9-16-8-14(17)15(18)13-6-11(3)5-12(4)7-13/h5-10,15,18H,1-4H3. The number of hydrogen-bond acceptors (Lipinski definition) is 2. The van der Waals surface area contributed by atoms with Crippen LogP contribution >= 0.6 is 0 Å². The molecule has 0 bridgehead atoms. The van der Waals surface area contributed by atoms with Gasteiger partial charge in [0, 0.05) is 6.04 Å². The molecule has 1 unspecified atom stereocenters. The molecule has 0 radical (unpaired) electrons. The van der Waals surface area contributed by atoms with Crippen LogP contribution in [0, 0.1) is 13.8 Å². The summed E-state index contributed by atoms with van der Waals surface area (Å²) in [5.74, 6) is 0. The van der Waals surface area contributed by atoms with E-state index in [0.29, 0.717) is 6.04 Å². The lowest BCUT2D eigenvalue weighted by Crippen LogP contribution is -2.10. The maximum absolute atomic E-state index is 10.5. The minimum absolute atomic E-state index is 0.294. The normalized spacial score (nSPS) is 13.0. The van der Waals surface area contributed by atoms with Gasteiger partial charge < -0.3 is 9.67 Å². The van der Waals surface area contributed by atoms with Crippen LogP contribution in [0.25, 0.3) is 0 Å². The Labute approximate surface area is 108 Å². The highest BCUT2D eigenvalue weighted by Gasteiger charge is 2.17. The number of rotatable bonds is 3. The fraction of sp³-hybridized carbons (Fsp3) is 0.400. The van der Waals surface area contributed by atoms with Crippen molar-refractivity contribution in [3.63, 3.8) is 0 Å². The summed E-state index contributed by atoms with van der Waals surface area (Å²) in [6.45, 7) is 8.25. The van der Waals surface area contributed by atoms with Gasteiger partial charge in [0.15, 0.2) is 0 Å². The highest BCUT2D eigenvalue weighted by molar-refractivity contribution is 5.33. The molecule has 0 aliphatic carbocycles. The Morgan fingerprint density at radius 2 is 1.72 bits per heavy atom. The molecule has 96 valence electrons. The van der Waals surface area contributed by atoms with Crippen molar-refractivity contribution < 1.29 is 5.11 Å². The molecular weight excluding hydrogens is 224 g/mol. The summed E-state index contributed by atoms with van der Waals surface area (Å²) < 4.78 is 2.00. The van der Waals surface area contributed by atoms with E-state index in [1.54, 1.807) is 12.5 Å². The summed E-state index contributed by atoms with van der Waals surface area (Å²) in [6, 6.07) is 6.45. The van der Waals surface area contributed by atoms with Gasteiger partial charge in [0.2, 0.25) is 0 Å². The molecule has 1 aromatic carbocycles. The third kappa shape index (κ3) is 2.46. The van der Waals surface area contributed by atoms with Gasteiger partial charge in [-0.1, -0.05) is 29.3 Å². The van der Waals surface area contributed by atoms with Crippen molar-refractivity contribution in [2.24, 2.45) is 0 Å². The van der Waals surface area contributed by atoms with Crippen molar-refractivity contribution in [3.05, 3.63) is 53.1 Å². The molecule has 0 spiro atoms. The second-order valence-electron chi connectivity index (χ2n) is 5.14. The average Bonchev–Trinajstić information content (AvgIpc) is 2.75. The number of nitrogens with zero attached hydrogens (tertiary/aromatic N) is 2. The van der Waals surface area contributed by atoms with Crippen LogP contribution in [0.5, 0.6) is 0 Å². The number of aromatic nitrogens is 2. The summed E-state index contributed by atoms with van der Waals surface area (Å²) in [7, 11) is 0.